The van der Waals surface area contributed by atoms with Crippen molar-refractivity contribution in [2.75, 3.05) is 36.9 Å². The van der Waals surface area contributed by atoms with Crippen LogP contribution in [0.15, 0.2) is 66.7 Å². The summed E-state index contributed by atoms with van der Waals surface area (Å²) < 4.78 is 0. The van der Waals surface area contributed by atoms with Crippen molar-refractivity contribution in [2.24, 2.45) is 5.92 Å². The van der Waals surface area contributed by atoms with Crippen molar-refractivity contribution in [2.45, 2.75) is 19.8 Å². The molecule has 0 saturated carbocycles. The Morgan fingerprint density at radius 2 is 1.79 bits per heavy atom. The molecule has 2 aliphatic heterocycles. The Kier molecular flexibility index (Phi) is 8.62. The summed E-state index contributed by atoms with van der Waals surface area (Å²) in [5.74, 6) is -1.66. The highest BCUT2D eigenvalue weighted by Crippen LogP contribution is 2.39. The van der Waals surface area contributed by atoms with E-state index in [0.29, 0.717) is 52.5 Å². The largest absolute Gasteiger partial charge is 0.478 e. The first-order valence-electron chi connectivity index (χ1n) is 13.7. The lowest BCUT2D eigenvalue weighted by Crippen LogP contribution is -2.37. The minimum Gasteiger partial charge on any atom is -0.478 e. The summed E-state index contributed by atoms with van der Waals surface area (Å²) in [7, 11) is 0. The Morgan fingerprint density at radius 3 is 2.45 bits per heavy atom. The second-order valence-electron chi connectivity index (χ2n) is 10.3. The number of benzene rings is 3. The summed E-state index contributed by atoms with van der Waals surface area (Å²) in [5, 5.41) is 24.7. The molecule has 5 rings (SSSR count). The molecule has 0 radical (unpaired) electrons. The molecule has 1 fully saturated rings. The number of aryl methyl sites for hydroxylation is 1. The summed E-state index contributed by atoms with van der Waals surface area (Å²) in [5.41, 5.74) is 6.97. The quantitative estimate of drug-likeness (QED) is 0.168. The molecule has 1 saturated heterocycles. The number of hydrogen-bond donors (Lipinski definition) is 4. The number of fused-ring (bicyclic) bond motifs is 1. The van der Waals surface area contributed by atoms with Crippen LogP contribution in [0.5, 0.6) is 0 Å². The first-order chi connectivity index (χ1) is 20.3. The molecule has 2 heterocycles. The number of carbonyl (C=O) groups excluding carboxylic acids is 2. The molecule has 3 aromatic rings. The van der Waals surface area contributed by atoms with Gasteiger partial charge in [0.2, 0.25) is 0 Å². The first kappa shape index (κ1) is 28.5. The number of amides is 2. The molecule has 42 heavy (non-hydrogen) atoms. The van der Waals surface area contributed by atoms with Gasteiger partial charge >= 0.3 is 5.97 Å². The van der Waals surface area contributed by atoms with Gasteiger partial charge in [0.25, 0.3) is 11.8 Å². The second-order valence-corrected chi connectivity index (χ2v) is 10.3. The van der Waals surface area contributed by atoms with Gasteiger partial charge in [-0.25, -0.2) is 10.3 Å². The van der Waals surface area contributed by atoms with Crippen molar-refractivity contribution < 1.29 is 24.3 Å². The van der Waals surface area contributed by atoms with Crippen LogP contribution in [0.1, 0.15) is 50.2 Å². The number of piperidine rings is 1. The van der Waals surface area contributed by atoms with Crippen LogP contribution in [0.2, 0.25) is 0 Å². The third-order valence-electron chi connectivity index (χ3n) is 7.51. The fourth-order valence-corrected chi connectivity index (χ4v) is 5.17. The second kappa shape index (κ2) is 12.7. The number of aromatic carboxylic acids is 1. The van der Waals surface area contributed by atoms with Crippen LogP contribution in [0.25, 0.3) is 11.3 Å². The van der Waals surface area contributed by atoms with Crippen LogP contribution < -0.4 is 16.1 Å². The topological polar surface area (TPSA) is 144 Å². The van der Waals surface area contributed by atoms with Crippen LogP contribution in [0.3, 0.4) is 0 Å². The highest BCUT2D eigenvalue weighted by Gasteiger charge is 2.30. The minimum atomic E-state index is -1.06. The van der Waals surface area contributed by atoms with Gasteiger partial charge in [-0.05, 0) is 80.4 Å². The molecular weight excluding hydrogens is 534 g/mol. The predicted octanol–water partition coefficient (Wildman–Crippen LogP) is 4.52. The molecule has 2 amide bonds. The number of nitrogens with zero attached hydrogens (tertiary/aromatic N) is 2. The van der Waals surface area contributed by atoms with E-state index in [9.17, 15) is 19.5 Å². The van der Waals surface area contributed by atoms with Crippen LogP contribution in [-0.4, -0.2) is 54.0 Å². The smallest absolute Gasteiger partial charge is 0.336 e. The highest BCUT2D eigenvalue weighted by molar-refractivity contribution is 6.37. The van der Waals surface area contributed by atoms with Gasteiger partial charge in [0.15, 0.2) is 0 Å². The van der Waals surface area contributed by atoms with Crippen molar-refractivity contribution in [1.29, 1.82) is 5.26 Å². The van der Waals surface area contributed by atoms with Gasteiger partial charge in [0.05, 0.1) is 35.2 Å². The maximum Gasteiger partial charge on any atom is 0.336 e. The number of likely N-dealkylation sites (tertiary alicyclic amines) is 1. The van der Waals surface area contributed by atoms with E-state index >= 15 is 0 Å². The summed E-state index contributed by atoms with van der Waals surface area (Å²) in [6.07, 6.45) is 1.71. The summed E-state index contributed by atoms with van der Waals surface area (Å²) in [6.45, 7) is 4.41. The van der Waals surface area contributed by atoms with Gasteiger partial charge in [0.1, 0.15) is 0 Å². The molecule has 0 aromatic heterocycles. The van der Waals surface area contributed by atoms with Crippen molar-refractivity contribution in [3.8, 4) is 6.07 Å². The number of nitriles is 1. The molecule has 0 atom stereocenters. The number of nitrogens with one attached hydrogen (secondary N) is 3. The number of carboxylic acid groups (broad SMARTS) is 1. The van der Waals surface area contributed by atoms with E-state index in [0.717, 1.165) is 31.5 Å². The van der Waals surface area contributed by atoms with Crippen molar-refractivity contribution >= 4 is 40.4 Å². The van der Waals surface area contributed by atoms with E-state index in [1.165, 1.54) is 6.07 Å². The standard InChI is InChI=1S/C32H31N5O5/c1-20-17-26-27(18-25(20)32(40)41)35-31(39)28(26)29(22-5-3-2-4-6-22)34-24-9-7-23(8-10-24)30(38)36-42-16-15-37-13-11-21(19-33)12-14-37/h2-10,17-18,21,34H,11-16H2,1H3,(H,35,39)(H,36,38)(H,40,41)/b29-28-. The molecule has 0 spiro atoms. The van der Waals surface area contributed by atoms with Crippen molar-refractivity contribution in [3.05, 3.63) is 94.5 Å². The van der Waals surface area contributed by atoms with Crippen LogP contribution in [0.4, 0.5) is 11.4 Å². The molecule has 10 nitrogen and oxygen atoms in total. The summed E-state index contributed by atoms with van der Waals surface area (Å²) >= 11 is 0. The van der Waals surface area contributed by atoms with Gasteiger partial charge < -0.3 is 20.6 Å². The summed E-state index contributed by atoms with van der Waals surface area (Å²) in [4.78, 5) is 45.0. The molecule has 0 aliphatic carbocycles. The van der Waals surface area contributed by atoms with Gasteiger partial charge in [-0.3, -0.25) is 14.4 Å². The third kappa shape index (κ3) is 6.33. The van der Waals surface area contributed by atoms with Gasteiger partial charge in [-0.1, -0.05) is 30.3 Å². The van der Waals surface area contributed by atoms with Crippen LogP contribution >= 0.6 is 0 Å². The molecule has 214 valence electrons. The maximum atomic E-state index is 13.2. The minimum absolute atomic E-state index is 0.127. The predicted molar refractivity (Wildman–Crippen MR) is 158 cm³/mol. The molecule has 10 heteroatoms. The lowest BCUT2D eigenvalue weighted by Gasteiger charge is -2.28. The van der Waals surface area contributed by atoms with Crippen molar-refractivity contribution in [3.63, 3.8) is 0 Å². The number of carbonyl (C=O) groups is 3. The molecule has 0 unspecified atom stereocenters. The number of carboxylic acids is 1. The average Bonchev–Trinajstić information content (AvgIpc) is 3.32. The molecule has 3 aromatic carbocycles. The molecular formula is C32H31N5O5. The molecule has 0 bridgehead atoms. The Morgan fingerprint density at radius 1 is 1.07 bits per heavy atom. The highest BCUT2D eigenvalue weighted by atomic mass is 16.7. The van der Waals surface area contributed by atoms with Gasteiger partial charge in [-0.2, -0.15) is 5.26 Å². The number of rotatable bonds is 9. The van der Waals surface area contributed by atoms with Crippen LogP contribution in [-0.2, 0) is 9.63 Å². The average molecular weight is 566 g/mol. The number of anilines is 2. The van der Waals surface area contributed by atoms with E-state index in [1.54, 1.807) is 37.3 Å². The fourth-order valence-electron chi connectivity index (χ4n) is 5.17. The van der Waals surface area contributed by atoms with E-state index < -0.39 is 5.97 Å². The molecule has 2 aliphatic rings. The number of hydroxylamine groups is 1. The lowest BCUT2D eigenvalue weighted by molar-refractivity contribution is -0.110. The zero-order valence-corrected chi connectivity index (χ0v) is 23.1. The maximum absolute atomic E-state index is 13.2. The van der Waals surface area contributed by atoms with Gasteiger partial charge in [0, 0.05) is 29.3 Å². The first-order valence-corrected chi connectivity index (χ1v) is 13.7. The molecule has 4 N–H and O–H groups in total. The van der Waals surface area contributed by atoms with Crippen LogP contribution in [0, 0.1) is 24.2 Å². The van der Waals surface area contributed by atoms with E-state index in [2.05, 4.69) is 27.1 Å². The van der Waals surface area contributed by atoms with E-state index in [-0.39, 0.29) is 23.3 Å². The lowest BCUT2D eigenvalue weighted by atomic mass is 9.96. The zero-order valence-electron chi connectivity index (χ0n) is 23.1. The Labute approximate surface area is 243 Å². The monoisotopic (exact) mass is 565 g/mol. The Bertz CT molecular complexity index is 1570. The van der Waals surface area contributed by atoms with E-state index in [1.807, 2.05) is 30.3 Å². The van der Waals surface area contributed by atoms with Gasteiger partial charge in [-0.15, -0.1) is 0 Å². The fraction of sp³-hybridized carbons (Fsp3) is 0.250. The Balaban J connectivity index is 1.29. The zero-order chi connectivity index (χ0) is 29.6. The Hall–Kier alpha value is -4.98. The summed E-state index contributed by atoms with van der Waals surface area (Å²) in [6, 6.07) is 21.7. The van der Waals surface area contributed by atoms with Crippen molar-refractivity contribution in [1.82, 2.24) is 10.4 Å². The normalized spacial score (nSPS) is 16.2. The number of hydrogen-bond acceptors (Lipinski definition) is 7. The third-order valence-corrected chi connectivity index (χ3v) is 7.51. The van der Waals surface area contributed by atoms with E-state index in [4.69, 9.17) is 10.1 Å². The SMILES string of the molecule is Cc1cc2c(cc1C(=O)O)NC(=O)/C2=C(\Nc1ccc(C(=O)NOCCN2CCC(C#N)CC2)cc1)c1ccccc1.